The fraction of sp³-hybridized carbons (Fsp3) is 0.222. The quantitative estimate of drug-likeness (QED) is 0.780. The van der Waals surface area contributed by atoms with Crippen LogP contribution in [0.4, 0.5) is 0 Å². The van der Waals surface area contributed by atoms with Crippen LogP contribution < -0.4 is 0 Å². The van der Waals surface area contributed by atoms with Gasteiger partial charge in [-0.1, -0.05) is 17.7 Å². The molecule has 0 aliphatic carbocycles. The molecule has 1 aromatic carbocycles. The second-order valence-corrected chi connectivity index (χ2v) is 6.44. The Hall–Kier alpha value is -2.57. The lowest BCUT2D eigenvalue weighted by atomic mass is 10.1. The molecule has 2 aromatic heterocycles. The molecule has 3 aromatic rings. The van der Waals surface area contributed by atoms with Gasteiger partial charge in [-0.2, -0.15) is 0 Å². The van der Waals surface area contributed by atoms with Crippen LogP contribution >= 0.6 is 11.6 Å². The molecule has 0 atom stereocenters. The summed E-state index contributed by atoms with van der Waals surface area (Å²) in [5.41, 5.74) is 4.02. The van der Waals surface area contributed by atoms with Gasteiger partial charge in [0.2, 0.25) is 0 Å². The van der Waals surface area contributed by atoms with Crippen molar-refractivity contribution in [1.82, 2.24) is 24.8 Å². The zero-order valence-electron chi connectivity index (χ0n) is 13.4. The van der Waals surface area contributed by atoms with E-state index in [9.17, 15) is 5.11 Å². The summed E-state index contributed by atoms with van der Waals surface area (Å²) in [7, 11) is 0. The molecular formula is C18H16ClN5O. The highest BCUT2D eigenvalue weighted by Crippen LogP contribution is 2.26. The molecule has 1 aliphatic heterocycles. The van der Waals surface area contributed by atoms with Crippen molar-refractivity contribution in [1.29, 1.82) is 0 Å². The second-order valence-electron chi connectivity index (χ2n) is 6.03. The van der Waals surface area contributed by atoms with Crippen LogP contribution in [0.15, 0.2) is 43.1 Å². The summed E-state index contributed by atoms with van der Waals surface area (Å²) in [5, 5.41) is 10.1. The predicted octanol–water partition coefficient (Wildman–Crippen LogP) is 2.85. The first-order valence-corrected chi connectivity index (χ1v) is 8.37. The van der Waals surface area contributed by atoms with Crippen molar-refractivity contribution in [2.75, 3.05) is 6.54 Å². The van der Waals surface area contributed by atoms with E-state index in [1.54, 1.807) is 24.5 Å². The van der Waals surface area contributed by atoms with Crippen LogP contribution in [0.2, 0.25) is 5.02 Å². The molecule has 25 heavy (non-hydrogen) atoms. The Kier molecular flexibility index (Phi) is 4.29. The molecule has 1 N–H and O–H groups in total. The van der Waals surface area contributed by atoms with E-state index in [0.717, 1.165) is 48.4 Å². The molecular weight excluding hydrogens is 338 g/mol. The minimum absolute atomic E-state index is 0.184. The lowest BCUT2D eigenvalue weighted by Gasteiger charge is -2.28. The van der Waals surface area contributed by atoms with Crippen molar-refractivity contribution in [3.05, 3.63) is 65.0 Å². The Bertz CT molecular complexity index is 903. The first kappa shape index (κ1) is 15.9. The van der Waals surface area contributed by atoms with Crippen LogP contribution in [-0.2, 0) is 19.5 Å². The van der Waals surface area contributed by atoms with E-state index in [1.165, 1.54) is 6.33 Å². The van der Waals surface area contributed by atoms with Gasteiger partial charge in [0.15, 0.2) is 5.82 Å². The maximum Gasteiger partial charge on any atom is 0.162 e. The van der Waals surface area contributed by atoms with Crippen molar-refractivity contribution in [2.24, 2.45) is 0 Å². The third-order valence-corrected chi connectivity index (χ3v) is 4.61. The zero-order valence-corrected chi connectivity index (χ0v) is 14.2. The van der Waals surface area contributed by atoms with Crippen molar-refractivity contribution in [3.63, 3.8) is 0 Å². The van der Waals surface area contributed by atoms with E-state index in [1.807, 2.05) is 12.3 Å². The molecule has 0 radical (unpaired) electrons. The summed E-state index contributed by atoms with van der Waals surface area (Å²) in [4.78, 5) is 19.5. The predicted molar refractivity (Wildman–Crippen MR) is 94.0 cm³/mol. The number of fused-ring (bicyclic) bond motifs is 1. The normalized spacial score (nSPS) is 14.3. The summed E-state index contributed by atoms with van der Waals surface area (Å²) in [6, 6.07) is 5.10. The van der Waals surface area contributed by atoms with Gasteiger partial charge in [0.1, 0.15) is 12.1 Å². The van der Waals surface area contributed by atoms with Gasteiger partial charge in [0.25, 0.3) is 0 Å². The minimum atomic E-state index is 0.184. The third kappa shape index (κ3) is 3.45. The zero-order chi connectivity index (χ0) is 17.2. The second kappa shape index (κ2) is 6.74. The average Bonchev–Trinajstić information content (AvgIpc) is 2.64. The van der Waals surface area contributed by atoms with E-state index < -0.39 is 0 Å². The monoisotopic (exact) mass is 353 g/mol. The maximum atomic E-state index is 9.47. The Morgan fingerprint density at radius 2 is 2.00 bits per heavy atom. The first-order chi connectivity index (χ1) is 12.2. The van der Waals surface area contributed by atoms with Crippen molar-refractivity contribution in [3.8, 4) is 17.1 Å². The number of phenolic OH excluding ortho intramolecular Hbond substituents is 1. The molecule has 0 saturated carbocycles. The molecule has 1 aliphatic rings. The minimum Gasteiger partial charge on any atom is -0.508 e. The van der Waals surface area contributed by atoms with Crippen LogP contribution in [0.1, 0.15) is 16.8 Å². The summed E-state index contributed by atoms with van der Waals surface area (Å²) in [6.45, 7) is 2.40. The van der Waals surface area contributed by atoms with Gasteiger partial charge in [-0.3, -0.25) is 4.90 Å². The van der Waals surface area contributed by atoms with Crippen LogP contribution in [0, 0.1) is 0 Å². The highest BCUT2D eigenvalue weighted by molar-refractivity contribution is 6.31. The van der Waals surface area contributed by atoms with Gasteiger partial charge in [0, 0.05) is 55.2 Å². The van der Waals surface area contributed by atoms with Crippen molar-refractivity contribution >= 4 is 11.6 Å². The standard InChI is InChI=1S/C18H16ClN5O/c19-16-5-15(25)2-1-12(16)9-24-4-3-17-14(10-24)8-22-18(23-17)13-6-20-11-21-7-13/h1-2,5-8,11,25H,3-4,9-10H2. The van der Waals surface area contributed by atoms with Crippen LogP contribution in [0.5, 0.6) is 5.75 Å². The summed E-state index contributed by atoms with van der Waals surface area (Å²) in [6.07, 6.45) is 7.67. The fourth-order valence-electron chi connectivity index (χ4n) is 2.97. The van der Waals surface area contributed by atoms with E-state index in [2.05, 4.69) is 24.8 Å². The van der Waals surface area contributed by atoms with E-state index >= 15 is 0 Å². The molecule has 126 valence electrons. The maximum absolute atomic E-state index is 9.47. The number of aromatic nitrogens is 4. The number of rotatable bonds is 3. The van der Waals surface area contributed by atoms with E-state index in [4.69, 9.17) is 11.6 Å². The molecule has 3 heterocycles. The van der Waals surface area contributed by atoms with Gasteiger partial charge >= 0.3 is 0 Å². The number of halogens is 1. The van der Waals surface area contributed by atoms with Gasteiger partial charge in [-0.25, -0.2) is 19.9 Å². The molecule has 0 spiro atoms. The lowest BCUT2D eigenvalue weighted by Crippen LogP contribution is -2.31. The highest BCUT2D eigenvalue weighted by Gasteiger charge is 2.19. The van der Waals surface area contributed by atoms with Crippen LogP contribution in [-0.4, -0.2) is 36.5 Å². The number of hydrogen-bond donors (Lipinski definition) is 1. The molecule has 0 bridgehead atoms. The molecule has 0 fully saturated rings. The first-order valence-electron chi connectivity index (χ1n) is 7.99. The molecule has 6 nitrogen and oxygen atoms in total. The number of nitrogens with zero attached hydrogens (tertiary/aromatic N) is 5. The lowest BCUT2D eigenvalue weighted by molar-refractivity contribution is 0.243. The number of aromatic hydroxyl groups is 1. The Balaban J connectivity index is 1.52. The van der Waals surface area contributed by atoms with Gasteiger partial charge in [-0.15, -0.1) is 0 Å². The third-order valence-electron chi connectivity index (χ3n) is 4.26. The van der Waals surface area contributed by atoms with Crippen LogP contribution in [0.25, 0.3) is 11.4 Å². The molecule has 0 saturated heterocycles. The SMILES string of the molecule is Oc1ccc(CN2CCc3nc(-c4cncnc4)ncc3C2)c(Cl)c1. The van der Waals surface area contributed by atoms with Crippen molar-refractivity contribution < 1.29 is 5.11 Å². The van der Waals surface area contributed by atoms with E-state index in [-0.39, 0.29) is 5.75 Å². The van der Waals surface area contributed by atoms with Gasteiger partial charge in [-0.05, 0) is 17.7 Å². The smallest absolute Gasteiger partial charge is 0.162 e. The van der Waals surface area contributed by atoms with Crippen LogP contribution in [0.3, 0.4) is 0 Å². The molecule has 7 heteroatoms. The molecule has 0 amide bonds. The number of benzene rings is 1. The summed E-state index contributed by atoms with van der Waals surface area (Å²) >= 11 is 6.21. The summed E-state index contributed by atoms with van der Waals surface area (Å²) < 4.78 is 0. The highest BCUT2D eigenvalue weighted by atomic mass is 35.5. The molecule has 4 rings (SSSR count). The number of phenols is 1. The number of hydrogen-bond acceptors (Lipinski definition) is 6. The Labute approximate surface area is 150 Å². The Morgan fingerprint density at radius 1 is 1.16 bits per heavy atom. The summed E-state index contributed by atoms with van der Waals surface area (Å²) in [5.74, 6) is 0.845. The van der Waals surface area contributed by atoms with Gasteiger partial charge in [0.05, 0.1) is 11.3 Å². The van der Waals surface area contributed by atoms with Gasteiger partial charge < -0.3 is 5.11 Å². The Morgan fingerprint density at radius 3 is 2.80 bits per heavy atom. The van der Waals surface area contributed by atoms with Crippen molar-refractivity contribution in [2.45, 2.75) is 19.5 Å². The topological polar surface area (TPSA) is 75.0 Å². The largest absolute Gasteiger partial charge is 0.508 e. The van der Waals surface area contributed by atoms with E-state index in [0.29, 0.717) is 10.8 Å². The average molecular weight is 354 g/mol. The fourth-order valence-corrected chi connectivity index (χ4v) is 3.20. The molecule has 0 unspecified atom stereocenters.